The highest BCUT2D eigenvalue weighted by molar-refractivity contribution is 7.98. The third-order valence-corrected chi connectivity index (χ3v) is 3.89. The van der Waals surface area contributed by atoms with E-state index in [0.29, 0.717) is 30.2 Å². The van der Waals surface area contributed by atoms with Gasteiger partial charge in [0.25, 0.3) is 0 Å². The van der Waals surface area contributed by atoms with Gasteiger partial charge in [-0.3, -0.25) is 0 Å². The van der Waals surface area contributed by atoms with Gasteiger partial charge in [0.15, 0.2) is 5.16 Å². The Bertz CT molecular complexity index is 588. The number of methoxy groups -OCH3 is 1. The highest BCUT2D eigenvalue weighted by Gasteiger charge is 2.11. The van der Waals surface area contributed by atoms with Crippen LogP contribution in [0.25, 0.3) is 0 Å². The lowest BCUT2D eigenvalue weighted by Crippen LogP contribution is -2.12. The zero-order valence-corrected chi connectivity index (χ0v) is 12.3. The molecular weight excluding hydrogens is 279 g/mol. The molecule has 0 amide bonds. The maximum absolute atomic E-state index is 13.8. The van der Waals surface area contributed by atoms with Crippen LogP contribution in [0.2, 0.25) is 0 Å². The summed E-state index contributed by atoms with van der Waals surface area (Å²) in [4.78, 5) is 0. The lowest BCUT2D eigenvalue weighted by molar-refractivity contribution is 0.411. The Labute approximate surface area is 121 Å². The van der Waals surface area contributed by atoms with E-state index >= 15 is 0 Å². The van der Waals surface area contributed by atoms with Gasteiger partial charge in [-0.15, -0.1) is 10.2 Å². The van der Waals surface area contributed by atoms with Crippen LogP contribution in [0.15, 0.2) is 23.4 Å². The van der Waals surface area contributed by atoms with Crippen molar-refractivity contribution in [1.29, 1.82) is 0 Å². The van der Waals surface area contributed by atoms with E-state index in [0.717, 1.165) is 11.0 Å². The molecule has 0 saturated heterocycles. The molecule has 0 unspecified atom stereocenters. The molecule has 1 aromatic heterocycles. The first-order valence-electron chi connectivity index (χ1n) is 6.20. The Morgan fingerprint density at radius 3 is 2.85 bits per heavy atom. The molecule has 5 nitrogen and oxygen atoms in total. The second-order valence-electron chi connectivity index (χ2n) is 4.22. The summed E-state index contributed by atoms with van der Waals surface area (Å²) in [5, 5.41) is 8.86. The Morgan fingerprint density at radius 2 is 2.20 bits per heavy atom. The highest BCUT2D eigenvalue weighted by Crippen LogP contribution is 2.25. The van der Waals surface area contributed by atoms with E-state index in [1.165, 1.54) is 24.9 Å². The number of thioether (sulfide) groups is 1. The van der Waals surface area contributed by atoms with Gasteiger partial charge in [-0.25, -0.2) is 4.39 Å². The standard InChI is InChI=1S/C13H17FN4OS/c1-9-16-17-13(18(9)6-5-15)20-8-10-3-4-11(19-2)7-12(10)14/h3-4,7H,5-6,8,15H2,1-2H3. The molecule has 0 saturated carbocycles. The van der Waals surface area contributed by atoms with E-state index in [2.05, 4.69) is 10.2 Å². The third-order valence-electron chi connectivity index (χ3n) is 2.87. The molecule has 0 bridgehead atoms. The van der Waals surface area contributed by atoms with Gasteiger partial charge in [0.1, 0.15) is 17.4 Å². The van der Waals surface area contributed by atoms with Crippen molar-refractivity contribution in [2.45, 2.75) is 24.4 Å². The summed E-state index contributed by atoms with van der Waals surface area (Å²) < 4.78 is 20.8. The van der Waals surface area contributed by atoms with Crippen molar-refractivity contribution in [3.63, 3.8) is 0 Å². The van der Waals surface area contributed by atoms with E-state index in [-0.39, 0.29) is 5.82 Å². The predicted molar refractivity (Wildman–Crippen MR) is 76.3 cm³/mol. The topological polar surface area (TPSA) is 66.0 Å². The minimum absolute atomic E-state index is 0.279. The number of aromatic nitrogens is 3. The first-order valence-corrected chi connectivity index (χ1v) is 7.19. The molecule has 7 heteroatoms. The Kier molecular flexibility index (Phi) is 4.97. The number of hydrogen-bond acceptors (Lipinski definition) is 5. The van der Waals surface area contributed by atoms with Gasteiger partial charge in [-0.2, -0.15) is 0 Å². The van der Waals surface area contributed by atoms with Crippen molar-refractivity contribution in [2.75, 3.05) is 13.7 Å². The first kappa shape index (κ1) is 14.8. The van der Waals surface area contributed by atoms with Crippen LogP contribution < -0.4 is 10.5 Å². The molecule has 0 aliphatic rings. The average Bonchev–Trinajstić information content (AvgIpc) is 2.79. The van der Waals surface area contributed by atoms with Gasteiger partial charge in [0, 0.05) is 24.9 Å². The van der Waals surface area contributed by atoms with Crippen molar-refractivity contribution in [2.24, 2.45) is 5.73 Å². The van der Waals surface area contributed by atoms with Crippen LogP contribution in [0.3, 0.4) is 0 Å². The number of halogens is 1. The minimum atomic E-state index is -0.279. The molecule has 0 spiro atoms. The Hall–Kier alpha value is -1.60. The maximum atomic E-state index is 13.8. The fraction of sp³-hybridized carbons (Fsp3) is 0.385. The van der Waals surface area contributed by atoms with Crippen molar-refractivity contribution in [3.8, 4) is 5.75 Å². The second-order valence-corrected chi connectivity index (χ2v) is 5.16. The van der Waals surface area contributed by atoms with E-state index < -0.39 is 0 Å². The monoisotopic (exact) mass is 296 g/mol. The molecule has 1 aromatic carbocycles. The van der Waals surface area contributed by atoms with E-state index in [1.807, 2.05) is 11.5 Å². The predicted octanol–water partition coefficient (Wildman–Crippen LogP) is 1.99. The third kappa shape index (κ3) is 3.29. The van der Waals surface area contributed by atoms with Crippen LogP contribution in [0.4, 0.5) is 4.39 Å². The van der Waals surface area contributed by atoms with Gasteiger partial charge < -0.3 is 15.0 Å². The number of hydrogen-bond donors (Lipinski definition) is 1. The van der Waals surface area contributed by atoms with Crippen molar-refractivity contribution >= 4 is 11.8 Å². The van der Waals surface area contributed by atoms with E-state index in [4.69, 9.17) is 10.5 Å². The molecule has 108 valence electrons. The van der Waals surface area contributed by atoms with Crippen LogP contribution in [-0.2, 0) is 12.3 Å². The molecule has 2 aromatic rings. The van der Waals surface area contributed by atoms with Crippen LogP contribution >= 0.6 is 11.8 Å². The van der Waals surface area contributed by atoms with E-state index in [1.54, 1.807) is 12.1 Å². The summed E-state index contributed by atoms with van der Waals surface area (Å²) in [6.07, 6.45) is 0. The quantitative estimate of drug-likeness (QED) is 0.826. The summed E-state index contributed by atoms with van der Waals surface area (Å²) in [5.74, 6) is 1.53. The largest absolute Gasteiger partial charge is 0.497 e. The molecule has 0 atom stereocenters. The second kappa shape index (κ2) is 6.71. The lowest BCUT2D eigenvalue weighted by atomic mass is 10.2. The van der Waals surface area contributed by atoms with Gasteiger partial charge in [-0.05, 0) is 18.6 Å². The smallest absolute Gasteiger partial charge is 0.191 e. The van der Waals surface area contributed by atoms with Crippen molar-refractivity contribution in [1.82, 2.24) is 14.8 Å². The molecule has 2 rings (SSSR count). The molecule has 2 N–H and O–H groups in total. The first-order chi connectivity index (χ1) is 9.65. The molecule has 0 radical (unpaired) electrons. The van der Waals surface area contributed by atoms with Crippen LogP contribution in [0, 0.1) is 12.7 Å². The summed E-state index contributed by atoms with van der Waals surface area (Å²) >= 11 is 1.44. The summed E-state index contributed by atoms with van der Waals surface area (Å²) in [7, 11) is 1.52. The summed E-state index contributed by atoms with van der Waals surface area (Å²) in [6.45, 7) is 3.05. The number of rotatable bonds is 6. The molecular formula is C13H17FN4OS. The lowest BCUT2D eigenvalue weighted by Gasteiger charge is -2.07. The van der Waals surface area contributed by atoms with Crippen LogP contribution in [0.5, 0.6) is 5.75 Å². The average molecular weight is 296 g/mol. The highest BCUT2D eigenvalue weighted by atomic mass is 32.2. The Balaban J connectivity index is 2.09. The van der Waals surface area contributed by atoms with Gasteiger partial charge in [0.05, 0.1) is 7.11 Å². The number of benzene rings is 1. The number of aryl methyl sites for hydroxylation is 1. The minimum Gasteiger partial charge on any atom is -0.497 e. The van der Waals surface area contributed by atoms with Crippen molar-refractivity contribution in [3.05, 3.63) is 35.4 Å². The number of nitrogens with two attached hydrogens (primary N) is 1. The Morgan fingerprint density at radius 1 is 1.40 bits per heavy atom. The van der Waals surface area contributed by atoms with Crippen LogP contribution in [0.1, 0.15) is 11.4 Å². The molecule has 0 fully saturated rings. The summed E-state index contributed by atoms with van der Waals surface area (Å²) in [6, 6.07) is 4.85. The zero-order valence-electron chi connectivity index (χ0n) is 11.5. The molecule has 0 aliphatic carbocycles. The summed E-state index contributed by atoms with van der Waals surface area (Å²) in [5.41, 5.74) is 6.17. The molecule has 20 heavy (non-hydrogen) atoms. The SMILES string of the molecule is COc1ccc(CSc2nnc(C)n2CCN)c(F)c1. The van der Waals surface area contributed by atoms with Gasteiger partial charge in [0.2, 0.25) is 0 Å². The number of ether oxygens (including phenoxy) is 1. The fourth-order valence-electron chi connectivity index (χ4n) is 1.77. The number of nitrogens with zero attached hydrogens (tertiary/aromatic N) is 3. The molecule has 0 aliphatic heterocycles. The fourth-order valence-corrected chi connectivity index (χ4v) is 2.77. The molecule has 1 heterocycles. The van der Waals surface area contributed by atoms with Crippen LogP contribution in [-0.4, -0.2) is 28.4 Å². The zero-order chi connectivity index (χ0) is 14.5. The van der Waals surface area contributed by atoms with Gasteiger partial charge >= 0.3 is 0 Å². The maximum Gasteiger partial charge on any atom is 0.191 e. The van der Waals surface area contributed by atoms with Gasteiger partial charge in [-0.1, -0.05) is 17.8 Å². The van der Waals surface area contributed by atoms with E-state index in [9.17, 15) is 4.39 Å². The van der Waals surface area contributed by atoms with Crippen molar-refractivity contribution < 1.29 is 9.13 Å². The normalized spacial score (nSPS) is 10.8.